The van der Waals surface area contributed by atoms with E-state index in [1.165, 1.54) is 12.8 Å². The number of carbonyl (C=O) groups is 2. The molecule has 1 saturated carbocycles. The molecule has 2 aromatic rings. The van der Waals surface area contributed by atoms with Crippen LogP contribution in [0.15, 0.2) is 36.4 Å². The van der Waals surface area contributed by atoms with E-state index in [0.29, 0.717) is 24.2 Å². The lowest BCUT2D eigenvalue weighted by atomic mass is 9.89. The summed E-state index contributed by atoms with van der Waals surface area (Å²) in [6, 6.07) is 11.3. The molecular weight excluding hydrogens is 390 g/mol. The highest BCUT2D eigenvalue weighted by molar-refractivity contribution is 5.96. The van der Waals surface area contributed by atoms with Crippen molar-refractivity contribution >= 4 is 11.8 Å². The SMILES string of the molecule is COc1ccc(C(=O)N2CCC(c3nc(C)ccc3C(=O)NC3CCCC3)CC2)cc1. The number of nitrogens with one attached hydrogen (secondary N) is 1. The summed E-state index contributed by atoms with van der Waals surface area (Å²) < 4.78 is 5.17. The van der Waals surface area contributed by atoms with Crippen molar-refractivity contribution < 1.29 is 14.3 Å². The summed E-state index contributed by atoms with van der Waals surface area (Å²) >= 11 is 0. The molecule has 0 atom stereocenters. The van der Waals surface area contributed by atoms with Crippen LogP contribution in [-0.2, 0) is 0 Å². The Bertz CT molecular complexity index is 928. The molecule has 1 aromatic heterocycles. The maximum atomic E-state index is 13.0. The number of pyridine rings is 1. The quantitative estimate of drug-likeness (QED) is 0.789. The van der Waals surface area contributed by atoms with Crippen molar-refractivity contribution in [3.05, 3.63) is 58.9 Å². The number of aromatic nitrogens is 1. The van der Waals surface area contributed by atoms with Crippen molar-refractivity contribution in [2.75, 3.05) is 20.2 Å². The fourth-order valence-corrected chi connectivity index (χ4v) is 4.69. The molecule has 6 heteroatoms. The van der Waals surface area contributed by atoms with Crippen LogP contribution in [0.5, 0.6) is 5.75 Å². The number of rotatable bonds is 5. The first-order chi connectivity index (χ1) is 15.0. The van der Waals surface area contributed by atoms with Gasteiger partial charge in [0.05, 0.1) is 18.4 Å². The first-order valence-corrected chi connectivity index (χ1v) is 11.3. The van der Waals surface area contributed by atoms with E-state index in [1.54, 1.807) is 19.2 Å². The lowest BCUT2D eigenvalue weighted by Gasteiger charge is -2.32. The normalized spacial score (nSPS) is 17.5. The highest BCUT2D eigenvalue weighted by Crippen LogP contribution is 2.30. The summed E-state index contributed by atoms with van der Waals surface area (Å²) in [5, 5.41) is 3.20. The summed E-state index contributed by atoms with van der Waals surface area (Å²) in [6.45, 7) is 3.29. The lowest BCUT2D eigenvalue weighted by molar-refractivity contribution is 0.0710. The number of aryl methyl sites for hydroxylation is 1. The second kappa shape index (κ2) is 9.50. The maximum absolute atomic E-state index is 13.0. The summed E-state index contributed by atoms with van der Waals surface area (Å²) in [4.78, 5) is 32.5. The third-order valence-corrected chi connectivity index (χ3v) is 6.50. The molecule has 2 fully saturated rings. The van der Waals surface area contributed by atoms with E-state index in [2.05, 4.69) is 5.32 Å². The molecule has 1 aromatic carbocycles. The molecule has 164 valence electrons. The Morgan fingerprint density at radius 3 is 2.32 bits per heavy atom. The average molecular weight is 422 g/mol. The molecule has 31 heavy (non-hydrogen) atoms. The van der Waals surface area contributed by atoms with E-state index < -0.39 is 0 Å². The Balaban J connectivity index is 1.43. The van der Waals surface area contributed by atoms with Gasteiger partial charge in [0.25, 0.3) is 11.8 Å². The van der Waals surface area contributed by atoms with Crippen LogP contribution in [0.4, 0.5) is 0 Å². The highest BCUT2D eigenvalue weighted by Gasteiger charge is 2.29. The Morgan fingerprint density at radius 1 is 1.00 bits per heavy atom. The van der Waals surface area contributed by atoms with Gasteiger partial charge in [-0.1, -0.05) is 12.8 Å². The maximum Gasteiger partial charge on any atom is 0.253 e. The van der Waals surface area contributed by atoms with Gasteiger partial charge in [-0.2, -0.15) is 0 Å². The van der Waals surface area contributed by atoms with Gasteiger partial charge in [0.15, 0.2) is 0 Å². The summed E-state index contributed by atoms with van der Waals surface area (Å²) in [5.74, 6) is 0.956. The molecule has 1 aliphatic heterocycles. The van der Waals surface area contributed by atoms with Crippen LogP contribution in [0.3, 0.4) is 0 Å². The number of nitrogens with zero attached hydrogens (tertiary/aromatic N) is 2. The number of likely N-dealkylation sites (tertiary alicyclic amines) is 1. The molecule has 1 N–H and O–H groups in total. The Morgan fingerprint density at radius 2 is 1.68 bits per heavy atom. The third kappa shape index (κ3) is 4.89. The number of hydrogen-bond acceptors (Lipinski definition) is 4. The molecule has 6 nitrogen and oxygen atoms in total. The molecule has 2 amide bonds. The van der Waals surface area contributed by atoms with Gasteiger partial charge in [0, 0.05) is 36.3 Å². The van der Waals surface area contributed by atoms with Gasteiger partial charge in [-0.15, -0.1) is 0 Å². The lowest BCUT2D eigenvalue weighted by Crippen LogP contribution is -2.39. The zero-order valence-corrected chi connectivity index (χ0v) is 18.4. The predicted molar refractivity (Wildman–Crippen MR) is 120 cm³/mol. The number of methoxy groups -OCH3 is 1. The van der Waals surface area contributed by atoms with Crippen molar-refractivity contribution in [1.29, 1.82) is 0 Å². The van der Waals surface area contributed by atoms with Crippen LogP contribution in [0.2, 0.25) is 0 Å². The third-order valence-electron chi connectivity index (χ3n) is 6.50. The first kappa shape index (κ1) is 21.3. The van der Waals surface area contributed by atoms with Crippen LogP contribution in [0, 0.1) is 6.92 Å². The summed E-state index contributed by atoms with van der Waals surface area (Å²) in [7, 11) is 1.61. The largest absolute Gasteiger partial charge is 0.497 e. The van der Waals surface area contributed by atoms with E-state index in [1.807, 2.05) is 36.1 Å². The number of carbonyl (C=O) groups excluding carboxylic acids is 2. The number of benzene rings is 1. The van der Waals surface area contributed by atoms with Gasteiger partial charge in [-0.3, -0.25) is 14.6 Å². The smallest absolute Gasteiger partial charge is 0.253 e. The van der Waals surface area contributed by atoms with E-state index >= 15 is 0 Å². The van der Waals surface area contributed by atoms with Gasteiger partial charge in [-0.05, 0) is 69.0 Å². The molecule has 2 aliphatic rings. The van der Waals surface area contributed by atoms with Crippen LogP contribution >= 0.6 is 0 Å². The second-order valence-electron chi connectivity index (χ2n) is 8.64. The van der Waals surface area contributed by atoms with E-state index in [4.69, 9.17) is 9.72 Å². The van der Waals surface area contributed by atoms with Crippen LogP contribution < -0.4 is 10.1 Å². The monoisotopic (exact) mass is 421 g/mol. The fourth-order valence-electron chi connectivity index (χ4n) is 4.69. The minimum absolute atomic E-state index is 0.00820. The average Bonchev–Trinajstić information content (AvgIpc) is 3.31. The molecule has 1 aliphatic carbocycles. The van der Waals surface area contributed by atoms with Crippen molar-refractivity contribution in [2.45, 2.75) is 57.4 Å². The standard InChI is InChI=1S/C25H31N3O3/c1-17-7-12-22(24(29)27-20-5-3-4-6-20)23(26-17)18-13-15-28(16-14-18)25(30)19-8-10-21(31-2)11-9-19/h7-12,18,20H,3-6,13-16H2,1-2H3,(H,27,29). The number of ether oxygens (including phenoxy) is 1. The van der Waals surface area contributed by atoms with Gasteiger partial charge < -0.3 is 15.0 Å². The number of amides is 2. The Hall–Kier alpha value is -2.89. The van der Waals surface area contributed by atoms with E-state index in [0.717, 1.165) is 42.8 Å². The van der Waals surface area contributed by atoms with Crippen molar-refractivity contribution in [3.8, 4) is 5.75 Å². The van der Waals surface area contributed by atoms with Gasteiger partial charge in [-0.25, -0.2) is 0 Å². The Kier molecular flexibility index (Phi) is 6.54. The number of hydrogen-bond donors (Lipinski definition) is 1. The first-order valence-electron chi connectivity index (χ1n) is 11.3. The van der Waals surface area contributed by atoms with E-state index in [9.17, 15) is 9.59 Å². The highest BCUT2D eigenvalue weighted by atomic mass is 16.5. The summed E-state index contributed by atoms with van der Waals surface area (Å²) in [5.41, 5.74) is 3.16. The zero-order valence-electron chi connectivity index (χ0n) is 18.4. The van der Waals surface area contributed by atoms with Gasteiger partial charge in [0.2, 0.25) is 0 Å². The molecule has 0 unspecified atom stereocenters. The molecule has 0 radical (unpaired) electrons. The second-order valence-corrected chi connectivity index (χ2v) is 8.64. The number of piperidine rings is 1. The zero-order chi connectivity index (χ0) is 21.8. The van der Waals surface area contributed by atoms with Crippen LogP contribution in [0.25, 0.3) is 0 Å². The van der Waals surface area contributed by atoms with Gasteiger partial charge >= 0.3 is 0 Å². The Labute approximate surface area is 184 Å². The molecule has 0 bridgehead atoms. The predicted octanol–water partition coefficient (Wildman–Crippen LogP) is 4.09. The molecular formula is C25H31N3O3. The molecule has 4 rings (SSSR count). The minimum Gasteiger partial charge on any atom is -0.497 e. The van der Waals surface area contributed by atoms with Gasteiger partial charge in [0.1, 0.15) is 5.75 Å². The van der Waals surface area contributed by atoms with Crippen LogP contribution in [-0.4, -0.2) is 47.9 Å². The van der Waals surface area contributed by atoms with Crippen molar-refractivity contribution in [1.82, 2.24) is 15.2 Å². The van der Waals surface area contributed by atoms with Crippen molar-refractivity contribution in [3.63, 3.8) is 0 Å². The van der Waals surface area contributed by atoms with Crippen molar-refractivity contribution in [2.24, 2.45) is 0 Å². The minimum atomic E-state index is -0.00820. The fraction of sp³-hybridized carbons (Fsp3) is 0.480. The summed E-state index contributed by atoms with van der Waals surface area (Å²) in [6.07, 6.45) is 6.11. The molecule has 0 spiro atoms. The topological polar surface area (TPSA) is 71.5 Å². The van der Waals surface area contributed by atoms with E-state index in [-0.39, 0.29) is 23.8 Å². The molecule has 1 saturated heterocycles. The molecule has 2 heterocycles. The van der Waals surface area contributed by atoms with Crippen LogP contribution in [0.1, 0.15) is 76.5 Å².